The lowest BCUT2D eigenvalue weighted by atomic mass is 9.94. The summed E-state index contributed by atoms with van der Waals surface area (Å²) in [6, 6.07) is 7.80. The van der Waals surface area contributed by atoms with Crippen molar-refractivity contribution < 1.29 is 9.13 Å². The van der Waals surface area contributed by atoms with Crippen LogP contribution in [0.2, 0.25) is 5.02 Å². The van der Waals surface area contributed by atoms with Crippen molar-refractivity contribution in [1.29, 1.82) is 0 Å². The highest BCUT2D eigenvalue weighted by atomic mass is 35.5. The van der Waals surface area contributed by atoms with Gasteiger partial charge in [-0.2, -0.15) is 0 Å². The number of methoxy groups -OCH3 is 1. The molecule has 0 aliphatic heterocycles. The first-order chi connectivity index (χ1) is 9.99. The molecule has 0 bridgehead atoms. The second-order valence-electron chi connectivity index (χ2n) is 4.90. The molecule has 0 aliphatic rings. The number of rotatable bonds is 4. The third-order valence-corrected chi connectivity index (χ3v) is 3.99. The molecule has 3 N–H and O–H groups in total. The molecule has 0 fully saturated rings. The van der Waals surface area contributed by atoms with Gasteiger partial charge in [0.15, 0.2) is 0 Å². The summed E-state index contributed by atoms with van der Waals surface area (Å²) in [6.07, 6.45) is 0. The maximum Gasteiger partial charge on any atom is 0.127 e. The second-order valence-corrected chi connectivity index (χ2v) is 5.30. The standard InChI is InChI=1S/C16H18ClFN2O/c1-9-4-6-13(16(21-3)10(9)2)15(20-19)12-7-5-11(18)8-14(12)17/h4-8,15,20H,19H2,1-3H3. The van der Waals surface area contributed by atoms with Gasteiger partial charge in [-0.1, -0.05) is 29.8 Å². The Morgan fingerprint density at radius 2 is 1.86 bits per heavy atom. The highest BCUT2D eigenvalue weighted by molar-refractivity contribution is 6.31. The molecule has 1 atom stereocenters. The molecular formula is C16H18ClFN2O. The van der Waals surface area contributed by atoms with Crippen LogP contribution in [-0.2, 0) is 0 Å². The van der Waals surface area contributed by atoms with E-state index in [0.29, 0.717) is 10.6 Å². The average molecular weight is 309 g/mol. The van der Waals surface area contributed by atoms with E-state index in [2.05, 4.69) is 5.43 Å². The summed E-state index contributed by atoms with van der Waals surface area (Å²) in [6.45, 7) is 3.99. The molecule has 0 saturated heterocycles. The number of nitrogens with one attached hydrogen (secondary N) is 1. The van der Waals surface area contributed by atoms with Crippen LogP contribution in [0, 0.1) is 19.7 Å². The van der Waals surface area contributed by atoms with E-state index in [4.69, 9.17) is 22.2 Å². The molecule has 2 aromatic rings. The Morgan fingerprint density at radius 1 is 1.19 bits per heavy atom. The van der Waals surface area contributed by atoms with Crippen molar-refractivity contribution in [3.05, 3.63) is 63.4 Å². The van der Waals surface area contributed by atoms with Crippen LogP contribution < -0.4 is 16.0 Å². The number of halogens is 2. The molecule has 0 aliphatic carbocycles. The lowest BCUT2D eigenvalue weighted by Crippen LogP contribution is -2.29. The predicted octanol–water partition coefficient (Wildman–Crippen LogP) is 3.66. The van der Waals surface area contributed by atoms with Gasteiger partial charge in [0.05, 0.1) is 13.2 Å². The number of hydrogen-bond donors (Lipinski definition) is 2. The maximum atomic E-state index is 13.2. The third kappa shape index (κ3) is 3.02. The Balaban J connectivity index is 2.59. The van der Waals surface area contributed by atoms with E-state index in [1.165, 1.54) is 12.1 Å². The number of hydrazine groups is 1. The molecule has 1 unspecified atom stereocenters. The first kappa shape index (κ1) is 15.8. The Bertz CT molecular complexity index is 661. The molecule has 0 spiro atoms. The van der Waals surface area contributed by atoms with Gasteiger partial charge < -0.3 is 4.74 Å². The monoisotopic (exact) mass is 308 g/mol. The Morgan fingerprint density at radius 3 is 2.43 bits per heavy atom. The van der Waals surface area contributed by atoms with E-state index < -0.39 is 0 Å². The van der Waals surface area contributed by atoms with Crippen molar-refractivity contribution in [2.45, 2.75) is 19.9 Å². The molecule has 2 rings (SSSR count). The fourth-order valence-electron chi connectivity index (χ4n) is 2.39. The van der Waals surface area contributed by atoms with E-state index in [9.17, 15) is 4.39 Å². The Kier molecular flexibility index (Phi) is 4.83. The van der Waals surface area contributed by atoms with Crippen LogP contribution in [0.1, 0.15) is 28.3 Å². The van der Waals surface area contributed by atoms with Crippen LogP contribution in [0.3, 0.4) is 0 Å². The number of nitrogens with two attached hydrogens (primary N) is 1. The topological polar surface area (TPSA) is 47.3 Å². The predicted molar refractivity (Wildman–Crippen MR) is 83.0 cm³/mol. The minimum absolute atomic E-state index is 0.318. The van der Waals surface area contributed by atoms with Gasteiger partial charge in [0, 0.05) is 10.6 Å². The summed E-state index contributed by atoms with van der Waals surface area (Å²) < 4.78 is 18.7. The van der Waals surface area contributed by atoms with Gasteiger partial charge in [0.1, 0.15) is 11.6 Å². The van der Waals surface area contributed by atoms with Crippen molar-refractivity contribution in [1.82, 2.24) is 5.43 Å². The van der Waals surface area contributed by atoms with Crippen LogP contribution in [-0.4, -0.2) is 7.11 Å². The lowest BCUT2D eigenvalue weighted by Gasteiger charge is -2.22. The SMILES string of the molecule is COc1c(C(NN)c2ccc(F)cc2Cl)ccc(C)c1C. The first-order valence-corrected chi connectivity index (χ1v) is 6.92. The molecule has 5 heteroatoms. The summed E-state index contributed by atoms with van der Waals surface area (Å²) in [5.74, 6) is 6.06. The number of aryl methyl sites for hydroxylation is 1. The molecule has 21 heavy (non-hydrogen) atoms. The van der Waals surface area contributed by atoms with Crippen LogP contribution in [0.5, 0.6) is 5.75 Å². The number of hydrogen-bond acceptors (Lipinski definition) is 3. The van der Waals surface area contributed by atoms with E-state index in [1.807, 2.05) is 26.0 Å². The van der Waals surface area contributed by atoms with E-state index in [-0.39, 0.29) is 11.9 Å². The van der Waals surface area contributed by atoms with Crippen molar-refractivity contribution in [3.63, 3.8) is 0 Å². The molecule has 112 valence electrons. The van der Waals surface area contributed by atoms with Crippen LogP contribution in [0.25, 0.3) is 0 Å². The van der Waals surface area contributed by atoms with Gasteiger partial charge in [-0.25, -0.2) is 9.82 Å². The van der Waals surface area contributed by atoms with Crippen LogP contribution in [0.4, 0.5) is 4.39 Å². The molecular weight excluding hydrogens is 291 g/mol. The van der Waals surface area contributed by atoms with E-state index in [0.717, 1.165) is 22.4 Å². The van der Waals surface area contributed by atoms with Crippen molar-refractivity contribution >= 4 is 11.6 Å². The smallest absolute Gasteiger partial charge is 0.127 e. The van der Waals surface area contributed by atoms with Gasteiger partial charge >= 0.3 is 0 Å². The van der Waals surface area contributed by atoms with Gasteiger partial charge in [0.2, 0.25) is 0 Å². The molecule has 0 amide bonds. The van der Waals surface area contributed by atoms with Gasteiger partial charge in [-0.3, -0.25) is 5.84 Å². The quantitative estimate of drug-likeness (QED) is 0.669. The summed E-state index contributed by atoms with van der Waals surface area (Å²) in [5, 5.41) is 0.318. The van der Waals surface area contributed by atoms with Crippen LogP contribution in [0.15, 0.2) is 30.3 Å². The maximum absolute atomic E-state index is 13.2. The normalized spacial score (nSPS) is 12.3. The van der Waals surface area contributed by atoms with Crippen molar-refractivity contribution in [2.75, 3.05) is 7.11 Å². The molecule has 0 aromatic heterocycles. The molecule has 0 heterocycles. The second kappa shape index (κ2) is 6.43. The highest BCUT2D eigenvalue weighted by Gasteiger charge is 2.21. The zero-order valence-corrected chi connectivity index (χ0v) is 13.0. The minimum Gasteiger partial charge on any atom is -0.496 e. The lowest BCUT2D eigenvalue weighted by molar-refractivity contribution is 0.400. The Hall–Kier alpha value is -1.62. The zero-order chi connectivity index (χ0) is 15.6. The first-order valence-electron chi connectivity index (χ1n) is 6.54. The average Bonchev–Trinajstić information content (AvgIpc) is 2.45. The molecule has 2 aromatic carbocycles. The Labute approximate surface area is 128 Å². The fourth-order valence-corrected chi connectivity index (χ4v) is 2.67. The van der Waals surface area contributed by atoms with Crippen molar-refractivity contribution in [2.24, 2.45) is 5.84 Å². The van der Waals surface area contributed by atoms with Gasteiger partial charge in [0.25, 0.3) is 0 Å². The largest absolute Gasteiger partial charge is 0.496 e. The summed E-state index contributed by atoms with van der Waals surface area (Å²) >= 11 is 6.14. The molecule has 0 saturated carbocycles. The fraction of sp³-hybridized carbons (Fsp3) is 0.250. The summed E-state index contributed by atoms with van der Waals surface area (Å²) in [4.78, 5) is 0. The van der Waals surface area contributed by atoms with E-state index in [1.54, 1.807) is 13.2 Å². The zero-order valence-electron chi connectivity index (χ0n) is 12.2. The van der Waals surface area contributed by atoms with E-state index >= 15 is 0 Å². The highest BCUT2D eigenvalue weighted by Crippen LogP contribution is 2.36. The minimum atomic E-state index is -0.383. The number of ether oxygens (including phenoxy) is 1. The van der Waals surface area contributed by atoms with Gasteiger partial charge in [-0.05, 0) is 42.7 Å². The molecule has 0 radical (unpaired) electrons. The number of benzene rings is 2. The van der Waals surface area contributed by atoms with Crippen LogP contribution >= 0.6 is 11.6 Å². The third-order valence-electron chi connectivity index (χ3n) is 3.66. The summed E-state index contributed by atoms with van der Waals surface area (Å²) in [7, 11) is 1.62. The summed E-state index contributed by atoms with van der Waals surface area (Å²) in [5.41, 5.74) is 6.44. The van der Waals surface area contributed by atoms with Gasteiger partial charge in [-0.15, -0.1) is 0 Å². The molecule has 3 nitrogen and oxygen atoms in total. The van der Waals surface area contributed by atoms with Crippen molar-refractivity contribution in [3.8, 4) is 5.75 Å².